The maximum absolute atomic E-state index is 13.5. The normalized spacial score (nSPS) is 13.4. The van der Waals surface area contributed by atoms with Crippen molar-refractivity contribution < 1.29 is 22.7 Å². The monoisotopic (exact) mass is 260 g/mol. The van der Waals surface area contributed by atoms with Gasteiger partial charge in [0, 0.05) is 0 Å². The largest absolute Gasteiger partial charge is 0.478 e. The van der Waals surface area contributed by atoms with Gasteiger partial charge in [0.1, 0.15) is 10.7 Å². The van der Waals surface area contributed by atoms with Crippen LogP contribution in [0.3, 0.4) is 0 Å². The van der Waals surface area contributed by atoms with Gasteiger partial charge in [0.25, 0.3) is 0 Å². The molecule has 1 N–H and O–H groups in total. The van der Waals surface area contributed by atoms with Gasteiger partial charge in [-0.3, -0.25) is 0 Å². The van der Waals surface area contributed by atoms with Gasteiger partial charge in [-0.05, 0) is 31.5 Å². The summed E-state index contributed by atoms with van der Waals surface area (Å²) >= 11 is 0. The second-order valence-electron chi connectivity index (χ2n) is 3.71. The SMILES string of the molecule is CCC(C)S(=O)(=O)c1cc(C(=O)O)ccc1F. The lowest BCUT2D eigenvalue weighted by molar-refractivity contribution is 0.0696. The summed E-state index contributed by atoms with van der Waals surface area (Å²) in [6.45, 7) is 3.13. The van der Waals surface area contributed by atoms with Crippen molar-refractivity contribution in [3.05, 3.63) is 29.6 Å². The van der Waals surface area contributed by atoms with Crippen LogP contribution < -0.4 is 0 Å². The number of hydrogen-bond acceptors (Lipinski definition) is 3. The Hall–Kier alpha value is -1.43. The number of carbonyl (C=O) groups is 1. The van der Waals surface area contributed by atoms with Crippen molar-refractivity contribution >= 4 is 15.8 Å². The van der Waals surface area contributed by atoms with Crippen LogP contribution in [0.25, 0.3) is 0 Å². The molecule has 1 aromatic carbocycles. The molecule has 1 rings (SSSR count). The number of halogens is 1. The molecule has 0 heterocycles. The van der Waals surface area contributed by atoms with Crippen molar-refractivity contribution in [2.45, 2.75) is 30.4 Å². The molecule has 0 fully saturated rings. The summed E-state index contributed by atoms with van der Waals surface area (Å²) in [7, 11) is -3.81. The number of benzene rings is 1. The quantitative estimate of drug-likeness (QED) is 0.899. The molecule has 0 saturated carbocycles. The summed E-state index contributed by atoms with van der Waals surface area (Å²) < 4.78 is 37.3. The first kappa shape index (κ1) is 13.6. The zero-order valence-corrected chi connectivity index (χ0v) is 10.3. The van der Waals surface area contributed by atoms with Crippen LogP contribution in [0.5, 0.6) is 0 Å². The van der Waals surface area contributed by atoms with Crippen LogP contribution in [0.1, 0.15) is 30.6 Å². The lowest BCUT2D eigenvalue weighted by Gasteiger charge is -2.11. The molecule has 94 valence electrons. The van der Waals surface area contributed by atoms with Gasteiger partial charge in [-0.25, -0.2) is 17.6 Å². The van der Waals surface area contributed by atoms with E-state index in [0.717, 1.165) is 18.2 Å². The summed E-state index contributed by atoms with van der Waals surface area (Å²) in [6, 6.07) is 2.76. The van der Waals surface area contributed by atoms with E-state index in [4.69, 9.17) is 5.11 Å². The predicted octanol–water partition coefficient (Wildman–Crippen LogP) is 2.10. The highest BCUT2D eigenvalue weighted by atomic mass is 32.2. The van der Waals surface area contributed by atoms with Crippen molar-refractivity contribution in [3.63, 3.8) is 0 Å². The minimum absolute atomic E-state index is 0.242. The molecule has 17 heavy (non-hydrogen) atoms. The average molecular weight is 260 g/mol. The third-order valence-corrected chi connectivity index (χ3v) is 4.91. The second-order valence-corrected chi connectivity index (χ2v) is 6.05. The molecule has 1 aromatic rings. The second kappa shape index (κ2) is 4.83. The Morgan fingerprint density at radius 1 is 1.47 bits per heavy atom. The smallest absolute Gasteiger partial charge is 0.335 e. The van der Waals surface area contributed by atoms with E-state index in [1.54, 1.807) is 6.92 Å². The third-order valence-electron chi connectivity index (χ3n) is 2.59. The molecule has 0 radical (unpaired) electrons. The van der Waals surface area contributed by atoms with Crippen LogP contribution in [-0.2, 0) is 9.84 Å². The molecule has 0 amide bonds. The van der Waals surface area contributed by atoms with Crippen molar-refractivity contribution in [2.24, 2.45) is 0 Å². The molecule has 0 aromatic heterocycles. The lowest BCUT2D eigenvalue weighted by atomic mass is 10.2. The zero-order chi connectivity index (χ0) is 13.2. The van der Waals surface area contributed by atoms with Gasteiger partial charge in [-0.15, -0.1) is 0 Å². The molecule has 0 saturated heterocycles. The molecule has 0 aliphatic carbocycles. The fraction of sp³-hybridized carbons (Fsp3) is 0.364. The third kappa shape index (κ3) is 2.63. The topological polar surface area (TPSA) is 71.4 Å². The van der Waals surface area contributed by atoms with Crippen molar-refractivity contribution in [1.82, 2.24) is 0 Å². The predicted molar refractivity (Wildman–Crippen MR) is 60.3 cm³/mol. The Kier molecular flexibility index (Phi) is 3.87. The first-order valence-electron chi connectivity index (χ1n) is 5.07. The Morgan fingerprint density at radius 3 is 2.53 bits per heavy atom. The molecular formula is C11H13FO4S. The molecular weight excluding hydrogens is 247 g/mol. The van der Waals surface area contributed by atoms with Crippen LogP contribution >= 0.6 is 0 Å². The van der Waals surface area contributed by atoms with E-state index in [-0.39, 0.29) is 5.56 Å². The van der Waals surface area contributed by atoms with Crippen LogP contribution in [0.2, 0.25) is 0 Å². The molecule has 1 unspecified atom stereocenters. The van der Waals surface area contributed by atoms with Gasteiger partial charge >= 0.3 is 5.97 Å². The molecule has 0 aliphatic heterocycles. The summed E-state index contributed by atoms with van der Waals surface area (Å²) in [5.74, 6) is -2.21. The Morgan fingerprint density at radius 2 is 2.06 bits per heavy atom. The molecule has 1 atom stereocenters. The molecule has 6 heteroatoms. The fourth-order valence-corrected chi connectivity index (χ4v) is 2.79. The standard InChI is InChI=1S/C11H13FO4S/c1-3-7(2)17(15,16)10-6-8(11(13)14)4-5-9(10)12/h4-7H,3H2,1-2H3,(H,13,14). The van der Waals surface area contributed by atoms with Gasteiger partial charge in [0.05, 0.1) is 10.8 Å². The Labute approximate surface area is 99.0 Å². The van der Waals surface area contributed by atoms with Gasteiger partial charge in [0.2, 0.25) is 0 Å². The van der Waals surface area contributed by atoms with E-state index >= 15 is 0 Å². The number of rotatable bonds is 4. The van der Waals surface area contributed by atoms with Gasteiger partial charge < -0.3 is 5.11 Å². The average Bonchev–Trinajstić information content (AvgIpc) is 2.27. The van der Waals surface area contributed by atoms with E-state index in [0.29, 0.717) is 6.42 Å². The molecule has 0 aliphatic rings. The summed E-state index contributed by atoms with van der Waals surface area (Å²) in [4.78, 5) is 10.2. The minimum Gasteiger partial charge on any atom is -0.478 e. The molecule has 0 spiro atoms. The first-order chi connectivity index (χ1) is 7.80. The van der Waals surface area contributed by atoms with Crippen molar-refractivity contribution in [2.75, 3.05) is 0 Å². The van der Waals surface area contributed by atoms with Gasteiger partial charge in [-0.1, -0.05) is 6.92 Å². The lowest BCUT2D eigenvalue weighted by Crippen LogP contribution is -2.18. The fourth-order valence-electron chi connectivity index (χ4n) is 1.29. The number of carboxylic acid groups (broad SMARTS) is 1. The highest BCUT2D eigenvalue weighted by Gasteiger charge is 2.26. The minimum atomic E-state index is -3.81. The highest BCUT2D eigenvalue weighted by molar-refractivity contribution is 7.92. The highest BCUT2D eigenvalue weighted by Crippen LogP contribution is 2.22. The number of carboxylic acids is 1. The van der Waals surface area contributed by atoms with E-state index in [9.17, 15) is 17.6 Å². The van der Waals surface area contributed by atoms with Gasteiger partial charge in [-0.2, -0.15) is 0 Å². The van der Waals surface area contributed by atoms with E-state index in [2.05, 4.69) is 0 Å². The van der Waals surface area contributed by atoms with Gasteiger partial charge in [0.15, 0.2) is 9.84 Å². The summed E-state index contributed by atoms with van der Waals surface area (Å²) in [5, 5.41) is 8.00. The van der Waals surface area contributed by atoms with Crippen molar-refractivity contribution in [3.8, 4) is 0 Å². The van der Waals surface area contributed by atoms with Crippen LogP contribution in [-0.4, -0.2) is 24.7 Å². The summed E-state index contributed by atoms with van der Waals surface area (Å²) in [5.41, 5.74) is -0.242. The van der Waals surface area contributed by atoms with Crippen LogP contribution in [0.4, 0.5) is 4.39 Å². The number of hydrogen-bond donors (Lipinski definition) is 1. The van der Waals surface area contributed by atoms with E-state index < -0.39 is 31.8 Å². The van der Waals surface area contributed by atoms with Crippen molar-refractivity contribution in [1.29, 1.82) is 0 Å². The van der Waals surface area contributed by atoms with Crippen LogP contribution in [0, 0.1) is 5.82 Å². The number of aromatic carboxylic acids is 1. The zero-order valence-electron chi connectivity index (χ0n) is 9.47. The Bertz CT molecular complexity index is 536. The van der Waals surface area contributed by atoms with Crippen LogP contribution in [0.15, 0.2) is 23.1 Å². The first-order valence-corrected chi connectivity index (χ1v) is 6.62. The van der Waals surface area contributed by atoms with E-state index in [1.807, 2.05) is 0 Å². The number of sulfone groups is 1. The Balaban J connectivity index is 3.40. The van der Waals surface area contributed by atoms with E-state index in [1.165, 1.54) is 6.92 Å². The molecule has 0 bridgehead atoms. The molecule has 4 nitrogen and oxygen atoms in total. The maximum Gasteiger partial charge on any atom is 0.335 e. The summed E-state index contributed by atoms with van der Waals surface area (Å²) in [6.07, 6.45) is 0.332. The maximum atomic E-state index is 13.5.